The standard InChI is InChI=1S/C12H20O/c1-5-12(4)7-6-10(13)8-11(12)9(2)3/h5,10-11,13H,1-2,6-8H2,3-4H3/t10-,11-,12+/m0/s1. The highest BCUT2D eigenvalue weighted by Crippen LogP contribution is 2.44. The van der Waals surface area contributed by atoms with Crippen LogP contribution in [0.25, 0.3) is 0 Å². The van der Waals surface area contributed by atoms with E-state index in [0.29, 0.717) is 5.92 Å². The zero-order chi connectivity index (χ0) is 10.1. The smallest absolute Gasteiger partial charge is 0.0546 e. The maximum absolute atomic E-state index is 9.58. The molecule has 1 aliphatic carbocycles. The topological polar surface area (TPSA) is 20.2 Å². The lowest BCUT2D eigenvalue weighted by atomic mass is 9.64. The molecular formula is C12H20O. The lowest BCUT2D eigenvalue weighted by molar-refractivity contribution is 0.0581. The molecule has 0 heterocycles. The van der Waals surface area contributed by atoms with E-state index in [1.54, 1.807) is 0 Å². The summed E-state index contributed by atoms with van der Waals surface area (Å²) in [5, 5.41) is 9.58. The van der Waals surface area contributed by atoms with E-state index in [1.165, 1.54) is 5.57 Å². The van der Waals surface area contributed by atoms with Gasteiger partial charge in [0.25, 0.3) is 0 Å². The molecule has 1 N–H and O–H groups in total. The van der Waals surface area contributed by atoms with Crippen molar-refractivity contribution in [1.29, 1.82) is 0 Å². The van der Waals surface area contributed by atoms with Crippen molar-refractivity contribution in [2.45, 2.75) is 39.2 Å². The first-order valence-electron chi connectivity index (χ1n) is 4.96. The van der Waals surface area contributed by atoms with Crippen molar-refractivity contribution in [1.82, 2.24) is 0 Å². The minimum atomic E-state index is -0.144. The zero-order valence-corrected chi connectivity index (χ0v) is 8.71. The first-order chi connectivity index (χ1) is 5.99. The minimum Gasteiger partial charge on any atom is -0.393 e. The van der Waals surface area contributed by atoms with E-state index in [-0.39, 0.29) is 11.5 Å². The van der Waals surface area contributed by atoms with Crippen LogP contribution in [-0.4, -0.2) is 11.2 Å². The van der Waals surface area contributed by atoms with Crippen LogP contribution >= 0.6 is 0 Å². The molecule has 1 nitrogen and oxygen atoms in total. The van der Waals surface area contributed by atoms with Gasteiger partial charge < -0.3 is 5.11 Å². The van der Waals surface area contributed by atoms with Crippen LogP contribution < -0.4 is 0 Å². The SMILES string of the molecule is C=C[C@]1(C)CC[C@H](O)C[C@H]1C(=C)C. The Morgan fingerprint density at radius 1 is 1.62 bits per heavy atom. The molecular weight excluding hydrogens is 160 g/mol. The third-order valence-electron chi connectivity index (χ3n) is 3.38. The van der Waals surface area contributed by atoms with Gasteiger partial charge in [0.05, 0.1) is 6.10 Å². The zero-order valence-electron chi connectivity index (χ0n) is 8.71. The van der Waals surface area contributed by atoms with Crippen LogP contribution in [0.1, 0.15) is 33.1 Å². The molecule has 0 bridgehead atoms. The summed E-state index contributed by atoms with van der Waals surface area (Å²) in [7, 11) is 0. The monoisotopic (exact) mass is 180 g/mol. The number of hydrogen-bond donors (Lipinski definition) is 1. The molecule has 1 aliphatic rings. The Hall–Kier alpha value is -0.560. The molecule has 0 unspecified atom stereocenters. The van der Waals surface area contributed by atoms with Crippen molar-refractivity contribution in [3.63, 3.8) is 0 Å². The van der Waals surface area contributed by atoms with Gasteiger partial charge in [-0.05, 0) is 37.5 Å². The lowest BCUT2D eigenvalue weighted by Crippen LogP contribution is -2.35. The molecule has 0 aliphatic heterocycles. The van der Waals surface area contributed by atoms with Crippen molar-refractivity contribution in [2.75, 3.05) is 0 Å². The van der Waals surface area contributed by atoms with Gasteiger partial charge in [0, 0.05) is 0 Å². The molecule has 0 saturated heterocycles. The summed E-state index contributed by atoms with van der Waals surface area (Å²) in [4.78, 5) is 0. The highest BCUT2D eigenvalue weighted by Gasteiger charge is 2.37. The van der Waals surface area contributed by atoms with Crippen LogP contribution in [0, 0.1) is 11.3 Å². The summed E-state index contributed by atoms with van der Waals surface area (Å²) < 4.78 is 0. The second-order valence-electron chi connectivity index (χ2n) is 4.54. The van der Waals surface area contributed by atoms with E-state index >= 15 is 0 Å². The van der Waals surface area contributed by atoms with Crippen molar-refractivity contribution >= 4 is 0 Å². The van der Waals surface area contributed by atoms with Crippen molar-refractivity contribution < 1.29 is 5.11 Å². The predicted octanol–water partition coefficient (Wildman–Crippen LogP) is 2.92. The summed E-state index contributed by atoms with van der Waals surface area (Å²) >= 11 is 0. The van der Waals surface area contributed by atoms with Gasteiger partial charge in [0.15, 0.2) is 0 Å². The fourth-order valence-corrected chi connectivity index (χ4v) is 2.32. The Labute approximate surface area is 81.2 Å². The molecule has 0 amide bonds. The van der Waals surface area contributed by atoms with Gasteiger partial charge in [-0.2, -0.15) is 0 Å². The third kappa shape index (κ3) is 2.02. The Balaban J connectivity index is 2.83. The van der Waals surface area contributed by atoms with Crippen molar-refractivity contribution in [3.8, 4) is 0 Å². The van der Waals surface area contributed by atoms with Crippen molar-refractivity contribution in [3.05, 3.63) is 24.8 Å². The second-order valence-corrected chi connectivity index (χ2v) is 4.54. The quantitative estimate of drug-likeness (QED) is 0.648. The minimum absolute atomic E-state index is 0.144. The maximum Gasteiger partial charge on any atom is 0.0546 e. The van der Waals surface area contributed by atoms with Gasteiger partial charge in [-0.1, -0.05) is 25.2 Å². The summed E-state index contributed by atoms with van der Waals surface area (Å²) in [5.74, 6) is 0.397. The maximum atomic E-state index is 9.58. The molecule has 0 aromatic heterocycles. The van der Waals surface area contributed by atoms with Gasteiger partial charge in [0.1, 0.15) is 0 Å². The fraction of sp³-hybridized carbons (Fsp3) is 0.667. The van der Waals surface area contributed by atoms with Crippen LogP contribution in [0.3, 0.4) is 0 Å². The van der Waals surface area contributed by atoms with Crippen LogP contribution in [0.5, 0.6) is 0 Å². The first kappa shape index (κ1) is 10.5. The number of allylic oxidation sites excluding steroid dienone is 2. The molecule has 1 saturated carbocycles. The summed E-state index contributed by atoms with van der Waals surface area (Å²) in [5.41, 5.74) is 1.31. The van der Waals surface area contributed by atoms with E-state index in [2.05, 4.69) is 20.1 Å². The summed E-state index contributed by atoms with van der Waals surface area (Å²) in [6.45, 7) is 12.1. The molecule has 0 aromatic carbocycles. The highest BCUT2D eigenvalue weighted by molar-refractivity contribution is 5.11. The molecule has 0 spiro atoms. The van der Waals surface area contributed by atoms with Crippen LogP contribution in [0.2, 0.25) is 0 Å². The van der Waals surface area contributed by atoms with Gasteiger partial charge in [-0.3, -0.25) is 0 Å². The average molecular weight is 180 g/mol. The van der Waals surface area contributed by atoms with E-state index in [1.807, 2.05) is 13.0 Å². The Morgan fingerprint density at radius 2 is 2.23 bits per heavy atom. The van der Waals surface area contributed by atoms with Gasteiger partial charge in [-0.15, -0.1) is 6.58 Å². The Kier molecular flexibility index (Phi) is 2.97. The molecule has 13 heavy (non-hydrogen) atoms. The highest BCUT2D eigenvalue weighted by atomic mass is 16.3. The third-order valence-corrected chi connectivity index (χ3v) is 3.38. The van der Waals surface area contributed by atoms with E-state index < -0.39 is 0 Å². The van der Waals surface area contributed by atoms with Gasteiger partial charge in [0.2, 0.25) is 0 Å². The van der Waals surface area contributed by atoms with Gasteiger partial charge >= 0.3 is 0 Å². The van der Waals surface area contributed by atoms with Crippen LogP contribution in [0.4, 0.5) is 0 Å². The predicted molar refractivity (Wildman–Crippen MR) is 56.5 cm³/mol. The van der Waals surface area contributed by atoms with E-state index in [4.69, 9.17) is 0 Å². The summed E-state index contributed by atoms with van der Waals surface area (Å²) in [6.07, 6.45) is 4.65. The van der Waals surface area contributed by atoms with Gasteiger partial charge in [-0.25, -0.2) is 0 Å². The first-order valence-corrected chi connectivity index (χ1v) is 4.96. The number of aliphatic hydroxyl groups is 1. The average Bonchev–Trinajstić information content (AvgIpc) is 2.09. The van der Waals surface area contributed by atoms with Crippen LogP contribution in [0.15, 0.2) is 24.8 Å². The normalized spacial score (nSPS) is 39.9. The lowest BCUT2D eigenvalue weighted by Gasteiger charge is -2.41. The van der Waals surface area contributed by atoms with Crippen molar-refractivity contribution in [2.24, 2.45) is 11.3 Å². The number of aliphatic hydroxyl groups excluding tert-OH is 1. The molecule has 0 aromatic rings. The van der Waals surface area contributed by atoms with Crippen LogP contribution in [-0.2, 0) is 0 Å². The molecule has 3 atom stereocenters. The fourth-order valence-electron chi connectivity index (χ4n) is 2.32. The molecule has 1 rings (SSSR count). The van der Waals surface area contributed by atoms with E-state index in [0.717, 1.165) is 19.3 Å². The largest absolute Gasteiger partial charge is 0.393 e. The molecule has 0 radical (unpaired) electrons. The van der Waals surface area contributed by atoms with E-state index in [9.17, 15) is 5.11 Å². The second kappa shape index (κ2) is 3.67. The number of hydrogen-bond acceptors (Lipinski definition) is 1. The Bertz CT molecular complexity index is 219. The Morgan fingerprint density at radius 3 is 2.69 bits per heavy atom. The molecule has 74 valence electrons. The summed E-state index contributed by atoms with van der Waals surface area (Å²) in [6, 6.07) is 0. The number of rotatable bonds is 2. The molecule has 1 fully saturated rings. The molecule has 1 heteroatoms.